The number of carboxylic acid groups (broad SMARTS) is 1. The predicted molar refractivity (Wildman–Crippen MR) is 130 cm³/mol. The molecular formula is C27H34N2O5. The van der Waals surface area contributed by atoms with Crippen molar-refractivity contribution in [1.29, 1.82) is 0 Å². The second-order valence-corrected chi connectivity index (χ2v) is 9.29. The summed E-state index contributed by atoms with van der Waals surface area (Å²) < 4.78 is 5.60. The van der Waals surface area contributed by atoms with E-state index in [1.807, 2.05) is 45.0 Å². The largest absolute Gasteiger partial charge is 0.480 e. The molecule has 1 aliphatic rings. The van der Waals surface area contributed by atoms with E-state index >= 15 is 0 Å². The van der Waals surface area contributed by atoms with Crippen LogP contribution in [0, 0.1) is 11.8 Å². The maximum atomic E-state index is 12.6. The number of benzene rings is 2. The molecule has 34 heavy (non-hydrogen) atoms. The molecule has 2 aromatic carbocycles. The van der Waals surface area contributed by atoms with E-state index < -0.39 is 30.1 Å². The van der Waals surface area contributed by atoms with Crippen molar-refractivity contribution in [2.75, 3.05) is 6.61 Å². The van der Waals surface area contributed by atoms with Gasteiger partial charge in [-0.2, -0.15) is 0 Å². The number of rotatable bonds is 10. The van der Waals surface area contributed by atoms with Crippen LogP contribution >= 0.6 is 0 Å². The fourth-order valence-corrected chi connectivity index (χ4v) is 4.36. The molecule has 0 heterocycles. The SMILES string of the molecule is CCC(C)C(NC(=O)C[C@@H](NC(=O)OCC1c2ccccc2-c2ccccc21)C(C)C)C(=O)O. The molecule has 3 rings (SSSR count). The summed E-state index contributed by atoms with van der Waals surface area (Å²) >= 11 is 0. The maximum Gasteiger partial charge on any atom is 0.407 e. The Morgan fingerprint density at radius 3 is 2.00 bits per heavy atom. The minimum atomic E-state index is -1.06. The Hall–Kier alpha value is -3.35. The fourth-order valence-electron chi connectivity index (χ4n) is 4.36. The second kappa shape index (κ2) is 11.2. The van der Waals surface area contributed by atoms with Crippen LogP contribution in [0.15, 0.2) is 48.5 Å². The third kappa shape index (κ3) is 5.76. The predicted octanol–water partition coefficient (Wildman–Crippen LogP) is 4.56. The Balaban J connectivity index is 1.60. The summed E-state index contributed by atoms with van der Waals surface area (Å²) in [5, 5.41) is 14.8. The lowest BCUT2D eigenvalue weighted by Crippen LogP contribution is -2.48. The van der Waals surface area contributed by atoms with E-state index in [0.29, 0.717) is 6.42 Å². The zero-order valence-electron chi connectivity index (χ0n) is 20.2. The molecule has 182 valence electrons. The molecule has 2 unspecified atom stereocenters. The number of hydrogen-bond acceptors (Lipinski definition) is 4. The zero-order chi connectivity index (χ0) is 24.8. The highest BCUT2D eigenvalue weighted by atomic mass is 16.5. The number of amides is 2. The summed E-state index contributed by atoms with van der Waals surface area (Å²) in [5.41, 5.74) is 4.55. The maximum absolute atomic E-state index is 12.6. The summed E-state index contributed by atoms with van der Waals surface area (Å²) in [6.45, 7) is 7.64. The van der Waals surface area contributed by atoms with Gasteiger partial charge in [-0.25, -0.2) is 9.59 Å². The molecule has 3 atom stereocenters. The van der Waals surface area contributed by atoms with Gasteiger partial charge in [0.15, 0.2) is 0 Å². The number of aliphatic carboxylic acids is 1. The van der Waals surface area contributed by atoms with Crippen molar-refractivity contribution in [1.82, 2.24) is 10.6 Å². The molecule has 0 radical (unpaired) electrons. The second-order valence-electron chi connectivity index (χ2n) is 9.29. The van der Waals surface area contributed by atoms with Gasteiger partial charge in [-0.15, -0.1) is 0 Å². The van der Waals surface area contributed by atoms with Gasteiger partial charge in [0, 0.05) is 18.4 Å². The molecule has 0 saturated heterocycles. The summed E-state index contributed by atoms with van der Waals surface area (Å²) in [5.74, 6) is -1.77. The number of carbonyl (C=O) groups is 3. The van der Waals surface area contributed by atoms with Gasteiger partial charge in [0.05, 0.1) is 0 Å². The highest BCUT2D eigenvalue weighted by Gasteiger charge is 2.30. The van der Waals surface area contributed by atoms with E-state index in [2.05, 4.69) is 34.9 Å². The van der Waals surface area contributed by atoms with Gasteiger partial charge in [0.25, 0.3) is 0 Å². The van der Waals surface area contributed by atoms with E-state index in [-0.39, 0.29) is 30.8 Å². The molecule has 0 fully saturated rings. The minimum absolute atomic E-state index is 0.0257. The lowest BCUT2D eigenvalue weighted by molar-refractivity contribution is -0.143. The lowest BCUT2D eigenvalue weighted by atomic mass is 9.97. The first-order valence-corrected chi connectivity index (χ1v) is 11.9. The number of alkyl carbamates (subject to hydrolysis) is 1. The third-order valence-corrected chi connectivity index (χ3v) is 6.65. The lowest BCUT2D eigenvalue weighted by Gasteiger charge is -2.25. The van der Waals surface area contributed by atoms with Crippen LogP contribution in [0.25, 0.3) is 11.1 Å². The quantitative estimate of drug-likeness (QED) is 0.476. The molecule has 7 heteroatoms. The van der Waals surface area contributed by atoms with Crippen molar-refractivity contribution in [3.05, 3.63) is 59.7 Å². The normalized spacial score (nSPS) is 15.1. The molecule has 2 amide bonds. The zero-order valence-corrected chi connectivity index (χ0v) is 20.2. The number of ether oxygens (including phenoxy) is 1. The van der Waals surface area contributed by atoms with Gasteiger partial charge in [-0.1, -0.05) is 82.6 Å². The van der Waals surface area contributed by atoms with E-state index in [4.69, 9.17) is 4.74 Å². The van der Waals surface area contributed by atoms with Crippen molar-refractivity contribution in [2.45, 2.75) is 58.5 Å². The molecule has 3 N–H and O–H groups in total. The molecular weight excluding hydrogens is 432 g/mol. The van der Waals surface area contributed by atoms with E-state index in [0.717, 1.165) is 22.3 Å². The van der Waals surface area contributed by atoms with Crippen molar-refractivity contribution >= 4 is 18.0 Å². The molecule has 0 bridgehead atoms. The Morgan fingerprint density at radius 1 is 0.941 bits per heavy atom. The van der Waals surface area contributed by atoms with Crippen molar-refractivity contribution < 1.29 is 24.2 Å². The molecule has 7 nitrogen and oxygen atoms in total. The first-order chi connectivity index (χ1) is 16.2. The van der Waals surface area contributed by atoms with Gasteiger partial charge in [0.1, 0.15) is 12.6 Å². The van der Waals surface area contributed by atoms with E-state index in [9.17, 15) is 19.5 Å². The summed E-state index contributed by atoms with van der Waals surface area (Å²) in [4.78, 5) is 36.7. The molecule has 2 aromatic rings. The van der Waals surface area contributed by atoms with Crippen LogP contribution in [0.5, 0.6) is 0 Å². The Labute approximate surface area is 200 Å². The smallest absolute Gasteiger partial charge is 0.407 e. The summed E-state index contributed by atoms with van der Waals surface area (Å²) in [7, 11) is 0. The number of carboxylic acids is 1. The number of fused-ring (bicyclic) bond motifs is 3. The average Bonchev–Trinajstić information content (AvgIpc) is 3.13. The highest BCUT2D eigenvalue weighted by Crippen LogP contribution is 2.44. The number of hydrogen-bond donors (Lipinski definition) is 3. The first-order valence-electron chi connectivity index (χ1n) is 11.9. The van der Waals surface area contributed by atoms with Crippen LogP contribution < -0.4 is 10.6 Å². The standard InChI is InChI=1S/C27H34N2O5/c1-5-17(4)25(26(31)32)29-24(30)14-23(16(2)3)28-27(33)34-15-22-20-12-8-6-10-18(20)19-11-7-9-13-21(19)22/h6-13,16-17,22-23,25H,5,14-15H2,1-4H3,(H,28,33)(H,29,30)(H,31,32)/t17?,23-,25?/m1/s1. The Bertz CT molecular complexity index is 990. The van der Waals surface area contributed by atoms with Crippen molar-refractivity contribution in [3.8, 4) is 11.1 Å². The van der Waals surface area contributed by atoms with Crippen LogP contribution in [0.3, 0.4) is 0 Å². The number of carbonyl (C=O) groups excluding carboxylic acids is 2. The van der Waals surface area contributed by atoms with Gasteiger partial charge in [-0.3, -0.25) is 4.79 Å². The Morgan fingerprint density at radius 2 is 1.50 bits per heavy atom. The van der Waals surface area contributed by atoms with Crippen molar-refractivity contribution in [2.24, 2.45) is 11.8 Å². The van der Waals surface area contributed by atoms with Gasteiger partial charge >= 0.3 is 12.1 Å². The minimum Gasteiger partial charge on any atom is -0.480 e. The average molecular weight is 467 g/mol. The summed E-state index contributed by atoms with van der Waals surface area (Å²) in [6, 6.07) is 14.8. The van der Waals surface area contributed by atoms with Crippen LogP contribution in [0.2, 0.25) is 0 Å². The third-order valence-electron chi connectivity index (χ3n) is 6.65. The van der Waals surface area contributed by atoms with Crippen LogP contribution in [-0.4, -0.2) is 41.8 Å². The number of nitrogens with one attached hydrogen (secondary N) is 2. The molecule has 0 spiro atoms. The monoisotopic (exact) mass is 466 g/mol. The highest BCUT2D eigenvalue weighted by molar-refractivity contribution is 5.84. The van der Waals surface area contributed by atoms with E-state index in [1.165, 1.54) is 0 Å². The fraction of sp³-hybridized carbons (Fsp3) is 0.444. The van der Waals surface area contributed by atoms with Gasteiger partial charge in [-0.05, 0) is 34.1 Å². The molecule has 0 aliphatic heterocycles. The topological polar surface area (TPSA) is 105 Å². The van der Waals surface area contributed by atoms with Crippen LogP contribution in [0.1, 0.15) is 57.6 Å². The first kappa shape index (κ1) is 25.3. The van der Waals surface area contributed by atoms with Crippen LogP contribution in [-0.2, 0) is 14.3 Å². The molecule has 0 saturated carbocycles. The van der Waals surface area contributed by atoms with Gasteiger partial charge in [0.2, 0.25) is 5.91 Å². The van der Waals surface area contributed by atoms with E-state index in [1.54, 1.807) is 6.92 Å². The van der Waals surface area contributed by atoms with Crippen LogP contribution in [0.4, 0.5) is 4.79 Å². The Kier molecular flexibility index (Phi) is 8.31. The van der Waals surface area contributed by atoms with Gasteiger partial charge < -0.3 is 20.5 Å². The summed E-state index contributed by atoms with van der Waals surface area (Å²) in [6.07, 6.45) is 0.00959. The molecule has 1 aliphatic carbocycles. The van der Waals surface area contributed by atoms with Crippen molar-refractivity contribution in [3.63, 3.8) is 0 Å². The molecule has 0 aromatic heterocycles.